The topological polar surface area (TPSA) is 94.8 Å². The summed E-state index contributed by atoms with van der Waals surface area (Å²) >= 11 is 0. The molecule has 0 unspecified atom stereocenters. The molecule has 0 radical (unpaired) electrons. The van der Waals surface area contributed by atoms with E-state index >= 15 is 0 Å². The Morgan fingerprint density at radius 1 is 1.08 bits per heavy atom. The third kappa shape index (κ3) is 3.47. The van der Waals surface area contributed by atoms with Gasteiger partial charge in [-0.3, -0.25) is 13.9 Å². The molecule has 124 valence electrons. The number of nitrogens with zero attached hydrogens (tertiary/aromatic N) is 5. The Morgan fingerprint density at radius 2 is 1.62 bits per heavy atom. The fourth-order valence-corrected chi connectivity index (χ4v) is 2.70. The maximum absolute atomic E-state index is 12.6. The Kier molecular flexibility index (Phi) is 5.75. The van der Waals surface area contributed by atoms with Gasteiger partial charge in [-0.05, 0) is 19.1 Å². The Morgan fingerprint density at radius 3 is 2.12 bits per heavy atom. The van der Waals surface area contributed by atoms with Gasteiger partial charge in [-0.1, -0.05) is 12.1 Å². The number of aromatic nitrogens is 2. The van der Waals surface area contributed by atoms with Crippen molar-refractivity contribution in [1.82, 2.24) is 14.0 Å². The minimum Gasteiger partial charge on any atom is -0.339 e. The zero-order valence-corrected chi connectivity index (χ0v) is 13.6. The van der Waals surface area contributed by atoms with E-state index in [1.54, 1.807) is 4.57 Å². The monoisotopic (exact) mass is 325 g/mol. The summed E-state index contributed by atoms with van der Waals surface area (Å²) in [6.45, 7) is 2.83. The second-order valence-corrected chi connectivity index (χ2v) is 5.30. The lowest BCUT2D eigenvalue weighted by Crippen LogP contribution is -2.38. The van der Waals surface area contributed by atoms with Crippen LogP contribution < -0.4 is 5.69 Å². The highest BCUT2D eigenvalue weighted by Crippen LogP contribution is 2.13. The van der Waals surface area contributed by atoms with Gasteiger partial charge in [0.1, 0.15) is 6.54 Å². The third-order valence-corrected chi connectivity index (χ3v) is 3.87. The SMILES string of the molecule is CCn1c(=O)n(CC(=O)N(CCC#N)CCC#N)c2ccccc21. The molecule has 1 aromatic carbocycles. The van der Waals surface area contributed by atoms with Crippen molar-refractivity contribution in [2.24, 2.45) is 0 Å². The number of carbonyl (C=O) groups is 1. The maximum atomic E-state index is 12.6. The molecule has 0 saturated heterocycles. The van der Waals surface area contributed by atoms with Crippen molar-refractivity contribution in [2.45, 2.75) is 32.9 Å². The summed E-state index contributed by atoms with van der Waals surface area (Å²) in [6, 6.07) is 11.3. The van der Waals surface area contributed by atoms with Crippen LogP contribution in [0.4, 0.5) is 0 Å². The lowest BCUT2D eigenvalue weighted by atomic mass is 10.3. The van der Waals surface area contributed by atoms with Gasteiger partial charge < -0.3 is 4.90 Å². The number of para-hydroxylation sites is 2. The van der Waals surface area contributed by atoms with Gasteiger partial charge in [-0.15, -0.1) is 0 Å². The highest BCUT2D eigenvalue weighted by molar-refractivity contribution is 5.81. The molecule has 0 aliphatic rings. The number of nitriles is 2. The molecule has 0 aliphatic carbocycles. The van der Waals surface area contributed by atoms with Gasteiger partial charge in [-0.25, -0.2) is 4.79 Å². The first-order chi connectivity index (χ1) is 11.6. The average molecular weight is 325 g/mol. The molecule has 0 spiro atoms. The molecule has 2 rings (SSSR count). The van der Waals surface area contributed by atoms with Crippen LogP contribution in [0, 0.1) is 22.7 Å². The molecule has 0 saturated carbocycles. The van der Waals surface area contributed by atoms with E-state index in [0.717, 1.165) is 5.52 Å². The number of fused-ring (bicyclic) bond motifs is 1. The molecule has 0 aliphatic heterocycles. The number of aryl methyl sites for hydroxylation is 1. The first-order valence-electron chi connectivity index (χ1n) is 7.83. The second-order valence-electron chi connectivity index (χ2n) is 5.30. The van der Waals surface area contributed by atoms with E-state index in [4.69, 9.17) is 10.5 Å². The largest absolute Gasteiger partial charge is 0.339 e. The molecule has 2 aromatic rings. The van der Waals surface area contributed by atoms with Gasteiger partial charge in [0, 0.05) is 19.6 Å². The van der Waals surface area contributed by atoms with Crippen LogP contribution >= 0.6 is 0 Å². The van der Waals surface area contributed by atoms with Gasteiger partial charge in [0.2, 0.25) is 5.91 Å². The normalized spacial score (nSPS) is 10.3. The highest BCUT2D eigenvalue weighted by atomic mass is 16.2. The third-order valence-electron chi connectivity index (χ3n) is 3.87. The Bertz CT molecular complexity index is 848. The standard InChI is InChI=1S/C17H19N5O2/c1-2-21-14-7-3-4-8-15(14)22(17(21)24)13-16(23)20(11-5-9-18)12-6-10-19/h3-4,7-8H,2,5-6,11-13H2,1H3. The van der Waals surface area contributed by atoms with Crippen LogP contribution in [0.5, 0.6) is 0 Å². The predicted octanol–water partition coefficient (Wildman–Crippen LogP) is 1.48. The van der Waals surface area contributed by atoms with Crippen molar-refractivity contribution in [1.29, 1.82) is 10.5 Å². The molecule has 7 heteroatoms. The Balaban J connectivity index is 2.32. The summed E-state index contributed by atoms with van der Waals surface area (Å²) in [5.41, 5.74) is 1.27. The van der Waals surface area contributed by atoms with Crippen LogP contribution in [-0.2, 0) is 17.9 Å². The van der Waals surface area contributed by atoms with Gasteiger partial charge in [0.25, 0.3) is 0 Å². The van der Waals surface area contributed by atoms with Crippen LogP contribution in [-0.4, -0.2) is 33.0 Å². The van der Waals surface area contributed by atoms with Gasteiger partial charge in [0.05, 0.1) is 36.0 Å². The van der Waals surface area contributed by atoms with Crippen molar-refractivity contribution < 1.29 is 4.79 Å². The van der Waals surface area contributed by atoms with Crippen molar-refractivity contribution in [3.8, 4) is 12.1 Å². The van der Waals surface area contributed by atoms with Crippen molar-refractivity contribution >= 4 is 16.9 Å². The molecule has 0 atom stereocenters. The molecule has 1 heterocycles. The summed E-state index contributed by atoms with van der Waals surface area (Å²) in [7, 11) is 0. The van der Waals surface area contributed by atoms with Crippen molar-refractivity contribution in [3.63, 3.8) is 0 Å². The molecular formula is C17H19N5O2. The summed E-state index contributed by atoms with van der Waals surface area (Å²) in [6.07, 6.45) is 0.394. The quantitative estimate of drug-likeness (QED) is 0.770. The number of imidazole rings is 1. The zero-order chi connectivity index (χ0) is 17.5. The molecule has 0 N–H and O–H groups in total. The summed E-state index contributed by atoms with van der Waals surface area (Å²) in [5.74, 6) is -0.262. The number of amides is 1. The fourth-order valence-electron chi connectivity index (χ4n) is 2.70. The van der Waals surface area contributed by atoms with Crippen molar-refractivity contribution in [3.05, 3.63) is 34.7 Å². The van der Waals surface area contributed by atoms with E-state index < -0.39 is 0 Å². The summed E-state index contributed by atoms with van der Waals surface area (Å²) in [5, 5.41) is 17.4. The molecule has 1 aromatic heterocycles. The van der Waals surface area contributed by atoms with E-state index in [-0.39, 0.29) is 44.1 Å². The number of benzene rings is 1. The van der Waals surface area contributed by atoms with E-state index in [2.05, 4.69) is 0 Å². The second kappa shape index (κ2) is 7.98. The summed E-state index contributed by atoms with van der Waals surface area (Å²) in [4.78, 5) is 26.6. The minimum absolute atomic E-state index is 0.0940. The Labute approximate surface area is 139 Å². The lowest BCUT2D eigenvalue weighted by molar-refractivity contribution is -0.131. The Hall–Kier alpha value is -3.06. The zero-order valence-electron chi connectivity index (χ0n) is 13.6. The van der Waals surface area contributed by atoms with Crippen LogP contribution in [0.1, 0.15) is 19.8 Å². The van der Waals surface area contributed by atoms with Gasteiger partial charge in [-0.2, -0.15) is 10.5 Å². The number of rotatable bonds is 7. The minimum atomic E-state index is -0.262. The van der Waals surface area contributed by atoms with E-state index in [1.165, 1.54) is 9.47 Å². The number of hydrogen-bond donors (Lipinski definition) is 0. The predicted molar refractivity (Wildman–Crippen MR) is 88.9 cm³/mol. The number of carbonyl (C=O) groups excluding carboxylic acids is 1. The van der Waals surface area contributed by atoms with Crippen LogP contribution in [0.2, 0.25) is 0 Å². The van der Waals surface area contributed by atoms with Crippen LogP contribution in [0.15, 0.2) is 29.1 Å². The average Bonchev–Trinajstić information content (AvgIpc) is 2.86. The molecule has 0 bridgehead atoms. The van der Waals surface area contributed by atoms with Crippen molar-refractivity contribution in [2.75, 3.05) is 13.1 Å². The molecule has 1 amide bonds. The lowest BCUT2D eigenvalue weighted by Gasteiger charge is -2.20. The van der Waals surface area contributed by atoms with E-state index in [9.17, 15) is 9.59 Å². The van der Waals surface area contributed by atoms with E-state index in [0.29, 0.717) is 12.1 Å². The maximum Gasteiger partial charge on any atom is 0.329 e. The molecule has 24 heavy (non-hydrogen) atoms. The van der Waals surface area contributed by atoms with Gasteiger partial charge >= 0.3 is 5.69 Å². The first-order valence-corrected chi connectivity index (χ1v) is 7.83. The first kappa shape index (κ1) is 17.3. The number of hydrogen-bond acceptors (Lipinski definition) is 4. The molecular weight excluding hydrogens is 306 g/mol. The van der Waals surface area contributed by atoms with Crippen LogP contribution in [0.25, 0.3) is 11.0 Å². The summed E-state index contributed by atoms with van der Waals surface area (Å²) < 4.78 is 3.07. The fraction of sp³-hybridized carbons (Fsp3) is 0.412. The molecule has 0 fully saturated rings. The van der Waals surface area contributed by atoms with Crippen LogP contribution in [0.3, 0.4) is 0 Å². The highest BCUT2D eigenvalue weighted by Gasteiger charge is 2.18. The smallest absolute Gasteiger partial charge is 0.329 e. The van der Waals surface area contributed by atoms with E-state index in [1.807, 2.05) is 43.3 Å². The van der Waals surface area contributed by atoms with Gasteiger partial charge in [0.15, 0.2) is 0 Å². The molecule has 7 nitrogen and oxygen atoms in total.